The highest BCUT2D eigenvalue weighted by molar-refractivity contribution is 6.04. The number of aromatic nitrogens is 1. The summed E-state index contributed by atoms with van der Waals surface area (Å²) in [5.74, 6) is 0.864. The Bertz CT molecular complexity index is 565. The van der Waals surface area contributed by atoms with Gasteiger partial charge in [-0.25, -0.2) is 4.99 Å². The molecule has 0 saturated heterocycles. The van der Waals surface area contributed by atoms with Crippen LogP contribution in [0.1, 0.15) is 18.9 Å². The van der Waals surface area contributed by atoms with Gasteiger partial charge in [0, 0.05) is 24.4 Å². The van der Waals surface area contributed by atoms with Gasteiger partial charge in [0.05, 0.1) is 5.71 Å². The van der Waals surface area contributed by atoms with Crippen LogP contribution in [0.5, 0.6) is 0 Å². The average molecular weight is 224 g/mol. The summed E-state index contributed by atoms with van der Waals surface area (Å²) in [5.41, 5.74) is 4.09. The van der Waals surface area contributed by atoms with E-state index in [4.69, 9.17) is 4.74 Å². The van der Waals surface area contributed by atoms with Crippen molar-refractivity contribution in [2.75, 3.05) is 0 Å². The smallest absolute Gasteiger partial charge is 0.148 e. The number of allylic oxidation sites excluding steroid dienone is 4. The van der Waals surface area contributed by atoms with E-state index in [1.165, 1.54) is 5.57 Å². The number of hydrogen-bond acceptors (Lipinski definition) is 3. The molecule has 0 amide bonds. The SMILES string of the molecule is CC1=CCC2=NC(c3ccncc3)=COC2=C1. The number of rotatable bonds is 1. The Hall–Kier alpha value is -2.16. The molecule has 0 unspecified atom stereocenters. The second-order valence-corrected chi connectivity index (χ2v) is 4.08. The molecule has 3 rings (SSSR count). The standard InChI is InChI=1S/C14H12N2O/c1-10-2-3-12-14(8-10)17-9-13(16-12)11-4-6-15-7-5-11/h2,4-9H,3H2,1H3. The molecule has 2 aliphatic rings. The average Bonchev–Trinajstić information content (AvgIpc) is 2.39. The molecule has 1 aliphatic carbocycles. The maximum absolute atomic E-state index is 5.63. The fraction of sp³-hybridized carbons (Fsp3) is 0.143. The van der Waals surface area contributed by atoms with E-state index < -0.39 is 0 Å². The van der Waals surface area contributed by atoms with Gasteiger partial charge in [-0.2, -0.15) is 0 Å². The number of ether oxygens (including phenoxy) is 1. The number of nitrogens with zero attached hydrogens (tertiary/aromatic N) is 2. The molecule has 0 aromatic carbocycles. The summed E-state index contributed by atoms with van der Waals surface area (Å²) in [5, 5.41) is 0. The summed E-state index contributed by atoms with van der Waals surface area (Å²) in [6, 6.07) is 3.86. The number of pyridine rings is 1. The second kappa shape index (κ2) is 4.01. The van der Waals surface area contributed by atoms with Crippen molar-refractivity contribution in [3.63, 3.8) is 0 Å². The first-order valence-corrected chi connectivity index (χ1v) is 5.56. The van der Waals surface area contributed by atoms with Crippen LogP contribution < -0.4 is 0 Å². The Morgan fingerprint density at radius 3 is 2.88 bits per heavy atom. The van der Waals surface area contributed by atoms with Crippen LogP contribution in [0, 0.1) is 0 Å². The maximum atomic E-state index is 5.63. The molecule has 0 fully saturated rings. The lowest BCUT2D eigenvalue weighted by Gasteiger charge is -2.18. The van der Waals surface area contributed by atoms with Gasteiger partial charge < -0.3 is 4.74 Å². The zero-order valence-corrected chi connectivity index (χ0v) is 9.55. The van der Waals surface area contributed by atoms with Crippen LogP contribution in [-0.2, 0) is 4.74 Å². The number of aliphatic imine (C=N–C) groups is 1. The normalized spacial score (nSPS) is 18.2. The van der Waals surface area contributed by atoms with Gasteiger partial charge in [0.2, 0.25) is 0 Å². The Balaban J connectivity index is 1.94. The van der Waals surface area contributed by atoms with E-state index in [-0.39, 0.29) is 0 Å². The molecule has 0 radical (unpaired) electrons. The molecule has 0 bridgehead atoms. The molecule has 1 aliphatic heterocycles. The third-order valence-corrected chi connectivity index (χ3v) is 2.79. The highest BCUT2D eigenvalue weighted by atomic mass is 16.5. The van der Waals surface area contributed by atoms with E-state index in [1.807, 2.05) is 18.2 Å². The minimum atomic E-state index is 0.833. The first kappa shape index (κ1) is 10.0. The predicted octanol–water partition coefficient (Wildman–Crippen LogP) is 3.09. The van der Waals surface area contributed by atoms with Crippen LogP contribution in [0.4, 0.5) is 0 Å². The van der Waals surface area contributed by atoms with E-state index in [9.17, 15) is 0 Å². The van der Waals surface area contributed by atoms with Crippen molar-refractivity contribution in [3.05, 3.63) is 59.8 Å². The van der Waals surface area contributed by atoms with Gasteiger partial charge >= 0.3 is 0 Å². The van der Waals surface area contributed by atoms with Gasteiger partial charge in [0.15, 0.2) is 0 Å². The second-order valence-electron chi connectivity index (χ2n) is 4.08. The van der Waals surface area contributed by atoms with Crippen molar-refractivity contribution < 1.29 is 4.74 Å². The van der Waals surface area contributed by atoms with Crippen molar-refractivity contribution in [2.45, 2.75) is 13.3 Å². The minimum Gasteiger partial charge on any atom is -0.461 e. The van der Waals surface area contributed by atoms with Gasteiger partial charge in [0.1, 0.15) is 17.7 Å². The van der Waals surface area contributed by atoms with Crippen molar-refractivity contribution in [1.82, 2.24) is 4.98 Å². The molecule has 0 N–H and O–H groups in total. The van der Waals surface area contributed by atoms with Crippen LogP contribution in [0.15, 0.2) is 59.3 Å². The van der Waals surface area contributed by atoms with Gasteiger partial charge in [-0.15, -0.1) is 0 Å². The van der Waals surface area contributed by atoms with Crippen molar-refractivity contribution in [2.24, 2.45) is 4.99 Å². The largest absolute Gasteiger partial charge is 0.461 e. The fourth-order valence-corrected chi connectivity index (χ4v) is 1.86. The molecule has 0 spiro atoms. The topological polar surface area (TPSA) is 34.5 Å². The molecule has 0 saturated carbocycles. The zero-order valence-electron chi connectivity index (χ0n) is 9.55. The van der Waals surface area contributed by atoms with Gasteiger partial charge in [0.25, 0.3) is 0 Å². The predicted molar refractivity (Wildman–Crippen MR) is 67.2 cm³/mol. The third-order valence-electron chi connectivity index (χ3n) is 2.79. The molecule has 3 nitrogen and oxygen atoms in total. The lowest BCUT2D eigenvalue weighted by Crippen LogP contribution is -2.11. The first-order chi connectivity index (χ1) is 8.33. The Labute approximate surface area is 99.9 Å². The van der Waals surface area contributed by atoms with Crippen molar-refractivity contribution in [3.8, 4) is 0 Å². The quantitative estimate of drug-likeness (QED) is 0.734. The molecule has 2 heterocycles. The van der Waals surface area contributed by atoms with Crippen molar-refractivity contribution in [1.29, 1.82) is 0 Å². The monoisotopic (exact) mass is 224 g/mol. The van der Waals surface area contributed by atoms with Crippen LogP contribution in [0.25, 0.3) is 5.70 Å². The van der Waals surface area contributed by atoms with E-state index >= 15 is 0 Å². The van der Waals surface area contributed by atoms with Gasteiger partial charge in [-0.1, -0.05) is 11.6 Å². The summed E-state index contributed by atoms with van der Waals surface area (Å²) in [6.45, 7) is 2.06. The van der Waals surface area contributed by atoms with Gasteiger partial charge in [-0.05, 0) is 25.1 Å². The third kappa shape index (κ3) is 1.91. The van der Waals surface area contributed by atoms with Gasteiger partial charge in [-0.3, -0.25) is 4.98 Å². The van der Waals surface area contributed by atoms with Crippen molar-refractivity contribution >= 4 is 11.4 Å². The number of fused-ring (bicyclic) bond motifs is 1. The molecule has 3 heteroatoms. The first-order valence-electron chi connectivity index (χ1n) is 5.56. The molecule has 1 aromatic rings. The minimum absolute atomic E-state index is 0.833. The molecule has 0 atom stereocenters. The summed E-state index contributed by atoms with van der Waals surface area (Å²) in [6.07, 6.45) is 10.2. The van der Waals surface area contributed by atoms with Crippen LogP contribution in [0.3, 0.4) is 0 Å². The molecule has 84 valence electrons. The van der Waals surface area contributed by atoms with E-state index in [2.05, 4.69) is 23.0 Å². The fourth-order valence-electron chi connectivity index (χ4n) is 1.86. The summed E-state index contributed by atoms with van der Waals surface area (Å²) >= 11 is 0. The number of hydrogen-bond donors (Lipinski definition) is 0. The highest BCUT2D eigenvalue weighted by Crippen LogP contribution is 2.26. The molecular weight excluding hydrogens is 212 g/mol. The van der Waals surface area contributed by atoms with E-state index in [0.29, 0.717) is 0 Å². The summed E-state index contributed by atoms with van der Waals surface area (Å²) in [4.78, 5) is 8.61. The summed E-state index contributed by atoms with van der Waals surface area (Å²) < 4.78 is 5.63. The Morgan fingerprint density at radius 2 is 2.06 bits per heavy atom. The van der Waals surface area contributed by atoms with E-state index in [0.717, 1.165) is 29.2 Å². The Kier molecular flexibility index (Phi) is 2.37. The molecule has 1 aromatic heterocycles. The Morgan fingerprint density at radius 1 is 1.24 bits per heavy atom. The summed E-state index contributed by atoms with van der Waals surface area (Å²) in [7, 11) is 0. The maximum Gasteiger partial charge on any atom is 0.148 e. The highest BCUT2D eigenvalue weighted by Gasteiger charge is 2.17. The lowest BCUT2D eigenvalue weighted by molar-refractivity contribution is 0.372. The van der Waals surface area contributed by atoms with Crippen LogP contribution in [0.2, 0.25) is 0 Å². The van der Waals surface area contributed by atoms with Crippen LogP contribution >= 0.6 is 0 Å². The molecular formula is C14H12N2O. The van der Waals surface area contributed by atoms with Crippen LogP contribution in [-0.4, -0.2) is 10.7 Å². The lowest BCUT2D eigenvalue weighted by atomic mass is 10.0. The zero-order chi connectivity index (χ0) is 11.7. The van der Waals surface area contributed by atoms with E-state index in [1.54, 1.807) is 18.7 Å². The molecule has 17 heavy (non-hydrogen) atoms.